The normalized spacial score (nSPS) is 15.8. The maximum absolute atomic E-state index is 12.9. The summed E-state index contributed by atoms with van der Waals surface area (Å²) in [4.78, 5) is 8.57. The maximum atomic E-state index is 12.9. The molecule has 0 atom stereocenters. The number of ether oxygens (including phenoxy) is 1. The van der Waals surface area contributed by atoms with Gasteiger partial charge in [-0.3, -0.25) is 0 Å². The van der Waals surface area contributed by atoms with Gasteiger partial charge in [-0.1, -0.05) is 19.3 Å². The lowest BCUT2D eigenvalue weighted by Gasteiger charge is -2.23. The number of hydrogen-bond donors (Lipinski definition) is 2. The van der Waals surface area contributed by atoms with Crippen LogP contribution in [0.1, 0.15) is 37.7 Å². The molecular weight excluding hydrogens is 319 g/mol. The first-order valence-electron chi connectivity index (χ1n) is 8.64. The van der Waals surface area contributed by atoms with Gasteiger partial charge in [0.05, 0.1) is 6.54 Å². The van der Waals surface area contributed by atoms with E-state index in [0.717, 1.165) is 18.4 Å². The molecule has 0 bridgehead atoms. The number of benzene rings is 1. The summed E-state index contributed by atoms with van der Waals surface area (Å²) in [6.45, 7) is 0.452. The van der Waals surface area contributed by atoms with Gasteiger partial charge in [-0.25, -0.2) is 14.4 Å². The van der Waals surface area contributed by atoms with E-state index in [-0.39, 0.29) is 5.82 Å². The van der Waals surface area contributed by atoms with E-state index in [4.69, 9.17) is 10.5 Å². The Bertz CT molecular complexity index is 712. The first-order chi connectivity index (χ1) is 12.2. The summed E-state index contributed by atoms with van der Waals surface area (Å²) in [6.07, 6.45) is 7.78. The van der Waals surface area contributed by atoms with Gasteiger partial charge in [0.2, 0.25) is 5.88 Å². The minimum atomic E-state index is -0.302. The second kappa shape index (κ2) is 8.46. The molecule has 0 radical (unpaired) electrons. The van der Waals surface area contributed by atoms with Gasteiger partial charge in [0.25, 0.3) is 0 Å². The summed E-state index contributed by atoms with van der Waals surface area (Å²) in [5.74, 6) is 1.15. The number of aliphatic imine (C=N–C) groups is 1. The first-order valence-corrected chi connectivity index (χ1v) is 8.64. The smallest absolute Gasteiger partial charge is 0.219 e. The fourth-order valence-corrected chi connectivity index (χ4v) is 2.91. The Morgan fingerprint density at radius 3 is 2.72 bits per heavy atom. The van der Waals surface area contributed by atoms with Gasteiger partial charge in [0, 0.05) is 18.3 Å². The molecule has 0 spiro atoms. The van der Waals surface area contributed by atoms with Crippen molar-refractivity contribution in [3.8, 4) is 11.6 Å². The summed E-state index contributed by atoms with van der Waals surface area (Å²) < 4.78 is 18.6. The van der Waals surface area contributed by atoms with Crippen molar-refractivity contribution in [3.05, 3.63) is 54.0 Å². The van der Waals surface area contributed by atoms with Crippen LogP contribution >= 0.6 is 0 Å². The summed E-state index contributed by atoms with van der Waals surface area (Å²) >= 11 is 0. The molecule has 1 aliphatic rings. The summed E-state index contributed by atoms with van der Waals surface area (Å²) in [6, 6.07) is 9.94. The topological polar surface area (TPSA) is 72.5 Å². The lowest BCUT2D eigenvalue weighted by atomic mass is 9.96. The van der Waals surface area contributed by atoms with Crippen molar-refractivity contribution in [2.24, 2.45) is 10.7 Å². The van der Waals surface area contributed by atoms with Crippen molar-refractivity contribution >= 4 is 5.96 Å². The van der Waals surface area contributed by atoms with E-state index in [1.807, 2.05) is 6.07 Å². The minimum absolute atomic E-state index is 0.302. The molecule has 1 heterocycles. The Hall–Kier alpha value is -2.63. The third-order valence-corrected chi connectivity index (χ3v) is 4.22. The number of aromatic nitrogens is 1. The average Bonchev–Trinajstić information content (AvgIpc) is 2.63. The molecular formula is C19H23FN4O. The number of nitrogens with one attached hydrogen (secondary N) is 1. The standard InChI is InChI=1S/C19H23FN4O/c20-15-6-8-17(9-7-15)25-18-12-14(10-11-22-18)13-23-19(21)24-16-4-2-1-3-5-16/h6-12,16H,1-5,13H2,(H3,21,23,24). The molecule has 2 aromatic rings. The van der Waals surface area contributed by atoms with Crippen LogP contribution in [0.4, 0.5) is 4.39 Å². The molecule has 1 saturated carbocycles. The summed E-state index contributed by atoms with van der Waals surface area (Å²) in [5.41, 5.74) is 6.93. The number of nitrogens with two attached hydrogens (primary N) is 1. The van der Waals surface area contributed by atoms with Crippen molar-refractivity contribution in [1.82, 2.24) is 10.3 Å². The molecule has 5 nitrogen and oxygen atoms in total. The Labute approximate surface area is 147 Å². The fourth-order valence-electron chi connectivity index (χ4n) is 2.91. The van der Waals surface area contributed by atoms with E-state index in [2.05, 4.69) is 15.3 Å². The molecule has 25 heavy (non-hydrogen) atoms. The van der Waals surface area contributed by atoms with E-state index >= 15 is 0 Å². The number of nitrogens with zero attached hydrogens (tertiary/aromatic N) is 2. The number of guanidine groups is 1. The van der Waals surface area contributed by atoms with E-state index in [1.54, 1.807) is 24.4 Å². The van der Waals surface area contributed by atoms with Crippen LogP contribution in [0.5, 0.6) is 11.6 Å². The molecule has 1 fully saturated rings. The van der Waals surface area contributed by atoms with Crippen LogP contribution in [0, 0.1) is 5.82 Å². The third-order valence-electron chi connectivity index (χ3n) is 4.22. The zero-order valence-electron chi connectivity index (χ0n) is 14.1. The van der Waals surface area contributed by atoms with Gasteiger partial charge >= 0.3 is 0 Å². The highest BCUT2D eigenvalue weighted by molar-refractivity contribution is 5.78. The highest BCUT2D eigenvalue weighted by Crippen LogP contribution is 2.20. The number of hydrogen-bond acceptors (Lipinski definition) is 3. The Balaban J connectivity index is 1.57. The molecule has 132 valence electrons. The molecule has 0 aliphatic heterocycles. The second-order valence-electron chi connectivity index (χ2n) is 6.24. The Morgan fingerprint density at radius 2 is 1.96 bits per heavy atom. The van der Waals surface area contributed by atoms with Crippen molar-refractivity contribution in [1.29, 1.82) is 0 Å². The van der Waals surface area contributed by atoms with Crippen LogP contribution in [0.2, 0.25) is 0 Å². The lowest BCUT2D eigenvalue weighted by molar-refractivity contribution is 0.412. The quantitative estimate of drug-likeness (QED) is 0.641. The lowest BCUT2D eigenvalue weighted by Crippen LogP contribution is -2.41. The Morgan fingerprint density at radius 1 is 1.20 bits per heavy atom. The van der Waals surface area contributed by atoms with Crippen molar-refractivity contribution in [2.45, 2.75) is 44.7 Å². The average molecular weight is 342 g/mol. The van der Waals surface area contributed by atoms with Crippen molar-refractivity contribution in [3.63, 3.8) is 0 Å². The van der Waals surface area contributed by atoms with E-state index in [1.165, 1.54) is 31.4 Å². The van der Waals surface area contributed by atoms with Crippen LogP contribution in [-0.4, -0.2) is 17.0 Å². The molecule has 1 aromatic carbocycles. The van der Waals surface area contributed by atoms with Crippen molar-refractivity contribution in [2.75, 3.05) is 0 Å². The summed E-state index contributed by atoms with van der Waals surface area (Å²) in [5, 5.41) is 3.29. The van der Waals surface area contributed by atoms with Gasteiger partial charge in [-0.2, -0.15) is 0 Å². The largest absolute Gasteiger partial charge is 0.439 e. The number of pyridine rings is 1. The van der Waals surface area contributed by atoms with E-state index < -0.39 is 0 Å². The van der Waals surface area contributed by atoms with Gasteiger partial charge in [0.1, 0.15) is 11.6 Å². The van der Waals surface area contributed by atoms with Crippen LogP contribution in [-0.2, 0) is 6.54 Å². The molecule has 1 aliphatic carbocycles. The van der Waals surface area contributed by atoms with Gasteiger partial charge in [0.15, 0.2) is 5.96 Å². The van der Waals surface area contributed by atoms with E-state index in [9.17, 15) is 4.39 Å². The monoisotopic (exact) mass is 342 g/mol. The van der Waals surface area contributed by atoms with Crippen LogP contribution in [0.15, 0.2) is 47.6 Å². The molecule has 3 rings (SSSR count). The predicted molar refractivity (Wildman–Crippen MR) is 96.0 cm³/mol. The van der Waals surface area contributed by atoms with E-state index in [0.29, 0.717) is 30.2 Å². The van der Waals surface area contributed by atoms with Crippen LogP contribution < -0.4 is 15.8 Å². The number of halogens is 1. The van der Waals surface area contributed by atoms with Gasteiger partial charge in [-0.05, 0) is 48.7 Å². The first kappa shape index (κ1) is 17.2. The van der Waals surface area contributed by atoms with Gasteiger partial charge < -0.3 is 15.8 Å². The highest BCUT2D eigenvalue weighted by Gasteiger charge is 2.13. The summed E-state index contributed by atoms with van der Waals surface area (Å²) in [7, 11) is 0. The molecule has 0 unspecified atom stereocenters. The molecule has 0 saturated heterocycles. The molecule has 3 N–H and O–H groups in total. The second-order valence-corrected chi connectivity index (χ2v) is 6.24. The maximum Gasteiger partial charge on any atom is 0.219 e. The zero-order chi connectivity index (χ0) is 17.5. The Kier molecular flexibility index (Phi) is 5.82. The minimum Gasteiger partial charge on any atom is -0.439 e. The molecule has 1 aromatic heterocycles. The van der Waals surface area contributed by atoms with Crippen LogP contribution in [0.3, 0.4) is 0 Å². The predicted octanol–water partition coefficient (Wildman–Crippen LogP) is 3.75. The van der Waals surface area contributed by atoms with Gasteiger partial charge in [-0.15, -0.1) is 0 Å². The fraction of sp³-hybridized carbons (Fsp3) is 0.368. The third kappa shape index (κ3) is 5.45. The number of rotatable bonds is 5. The SMILES string of the molecule is NC(=NCc1ccnc(Oc2ccc(F)cc2)c1)NC1CCCCC1. The highest BCUT2D eigenvalue weighted by atomic mass is 19.1. The van der Waals surface area contributed by atoms with Crippen LogP contribution in [0.25, 0.3) is 0 Å². The van der Waals surface area contributed by atoms with Crippen molar-refractivity contribution < 1.29 is 9.13 Å². The molecule has 0 amide bonds. The zero-order valence-corrected chi connectivity index (χ0v) is 14.1. The molecule has 6 heteroatoms.